The molecule has 0 atom stereocenters. The number of nitrogens with zero attached hydrogens (tertiary/aromatic N) is 2. The van der Waals surface area contributed by atoms with Gasteiger partial charge in [-0.3, -0.25) is 4.79 Å². The molecular formula is C13H14BrFN4O. The highest BCUT2D eigenvalue weighted by atomic mass is 79.9. The van der Waals surface area contributed by atoms with E-state index in [0.29, 0.717) is 23.2 Å². The summed E-state index contributed by atoms with van der Waals surface area (Å²) in [5.74, 6) is -0.331. The minimum atomic E-state index is -0.331. The van der Waals surface area contributed by atoms with Crippen molar-refractivity contribution in [2.45, 2.75) is 6.54 Å². The van der Waals surface area contributed by atoms with Crippen LogP contribution in [0.1, 0.15) is 5.56 Å². The fourth-order valence-corrected chi connectivity index (χ4v) is 2.15. The zero-order valence-electron chi connectivity index (χ0n) is 10.6. The van der Waals surface area contributed by atoms with Crippen LogP contribution in [0, 0.1) is 5.82 Å². The first-order chi connectivity index (χ1) is 9.60. The third-order valence-electron chi connectivity index (χ3n) is 2.68. The molecule has 0 bridgehead atoms. The average molecular weight is 341 g/mol. The summed E-state index contributed by atoms with van der Waals surface area (Å²) < 4.78 is 14.9. The number of halogens is 2. The molecule has 7 heteroatoms. The molecule has 0 saturated heterocycles. The second-order valence-corrected chi connectivity index (χ2v) is 5.05. The van der Waals surface area contributed by atoms with Gasteiger partial charge < -0.3 is 11.1 Å². The Morgan fingerprint density at radius 1 is 1.40 bits per heavy atom. The molecule has 1 aromatic heterocycles. The summed E-state index contributed by atoms with van der Waals surface area (Å²) >= 11 is 3.27. The van der Waals surface area contributed by atoms with Gasteiger partial charge in [0.25, 0.3) is 5.56 Å². The molecule has 0 fully saturated rings. The van der Waals surface area contributed by atoms with E-state index >= 15 is 0 Å². The van der Waals surface area contributed by atoms with Crippen LogP contribution in [0.15, 0.2) is 39.7 Å². The van der Waals surface area contributed by atoms with Gasteiger partial charge in [-0.15, -0.1) is 0 Å². The fraction of sp³-hybridized carbons (Fsp3) is 0.231. The van der Waals surface area contributed by atoms with Gasteiger partial charge in [-0.25, -0.2) is 9.07 Å². The van der Waals surface area contributed by atoms with Crippen molar-refractivity contribution in [3.05, 3.63) is 56.7 Å². The van der Waals surface area contributed by atoms with Crippen LogP contribution in [0.5, 0.6) is 0 Å². The maximum atomic E-state index is 13.0. The van der Waals surface area contributed by atoms with Crippen molar-refractivity contribution in [2.75, 3.05) is 18.4 Å². The molecule has 0 amide bonds. The Hall–Kier alpha value is -1.73. The predicted octanol–water partition coefficient (Wildman–Crippen LogP) is 1.56. The number of hydrogen-bond acceptors (Lipinski definition) is 4. The van der Waals surface area contributed by atoms with Gasteiger partial charge in [0.15, 0.2) is 0 Å². The maximum Gasteiger partial charge on any atom is 0.269 e. The van der Waals surface area contributed by atoms with Crippen LogP contribution in [0.4, 0.5) is 10.1 Å². The van der Waals surface area contributed by atoms with Crippen molar-refractivity contribution in [3.8, 4) is 0 Å². The van der Waals surface area contributed by atoms with E-state index in [4.69, 9.17) is 5.73 Å². The SMILES string of the molecule is NCCNc1cnn(Cc2ccc(F)cc2Br)c(=O)c1. The average Bonchev–Trinajstić information content (AvgIpc) is 2.42. The molecule has 1 heterocycles. The molecule has 20 heavy (non-hydrogen) atoms. The summed E-state index contributed by atoms with van der Waals surface area (Å²) in [6, 6.07) is 5.79. The van der Waals surface area contributed by atoms with Crippen LogP contribution in [-0.4, -0.2) is 22.9 Å². The maximum absolute atomic E-state index is 13.0. The van der Waals surface area contributed by atoms with E-state index in [9.17, 15) is 9.18 Å². The van der Waals surface area contributed by atoms with Crippen LogP contribution in [-0.2, 0) is 6.54 Å². The lowest BCUT2D eigenvalue weighted by molar-refractivity contribution is 0.617. The van der Waals surface area contributed by atoms with Crippen molar-refractivity contribution in [2.24, 2.45) is 5.73 Å². The molecule has 0 aliphatic rings. The molecule has 0 radical (unpaired) electrons. The van der Waals surface area contributed by atoms with Crippen LogP contribution in [0.25, 0.3) is 0 Å². The van der Waals surface area contributed by atoms with Crippen LogP contribution < -0.4 is 16.6 Å². The zero-order chi connectivity index (χ0) is 14.5. The normalized spacial score (nSPS) is 10.6. The topological polar surface area (TPSA) is 72.9 Å². The number of nitrogens with one attached hydrogen (secondary N) is 1. The lowest BCUT2D eigenvalue weighted by Crippen LogP contribution is -2.24. The minimum absolute atomic E-state index is 0.233. The van der Waals surface area contributed by atoms with Gasteiger partial charge in [-0.2, -0.15) is 5.10 Å². The van der Waals surface area contributed by atoms with E-state index < -0.39 is 0 Å². The van der Waals surface area contributed by atoms with Crippen LogP contribution in [0.2, 0.25) is 0 Å². The predicted molar refractivity (Wildman–Crippen MR) is 79.2 cm³/mol. The fourth-order valence-electron chi connectivity index (χ4n) is 1.68. The molecule has 0 aliphatic heterocycles. The standard InChI is InChI=1S/C13H14BrFN4O/c14-12-5-10(15)2-1-9(12)8-19-13(20)6-11(7-18-19)17-4-3-16/h1-2,5-7,17H,3-4,8,16H2. The van der Waals surface area contributed by atoms with Crippen molar-refractivity contribution in [3.63, 3.8) is 0 Å². The number of benzene rings is 1. The van der Waals surface area contributed by atoms with Gasteiger partial charge in [0, 0.05) is 23.6 Å². The van der Waals surface area contributed by atoms with Gasteiger partial charge >= 0.3 is 0 Å². The van der Waals surface area contributed by atoms with Crippen molar-refractivity contribution >= 4 is 21.6 Å². The third-order valence-corrected chi connectivity index (χ3v) is 3.42. The Bertz CT molecular complexity index is 659. The molecule has 1 aromatic carbocycles. The van der Waals surface area contributed by atoms with Crippen molar-refractivity contribution in [1.82, 2.24) is 9.78 Å². The molecule has 3 N–H and O–H groups in total. The summed E-state index contributed by atoms with van der Waals surface area (Å²) in [7, 11) is 0. The Kier molecular flexibility index (Phi) is 4.86. The second-order valence-electron chi connectivity index (χ2n) is 4.19. The summed E-state index contributed by atoms with van der Waals surface area (Å²) in [4.78, 5) is 11.9. The Labute approximate surface area is 123 Å². The Morgan fingerprint density at radius 2 is 2.20 bits per heavy atom. The molecule has 5 nitrogen and oxygen atoms in total. The number of nitrogens with two attached hydrogens (primary N) is 1. The van der Waals surface area contributed by atoms with E-state index in [0.717, 1.165) is 5.56 Å². The van der Waals surface area contributed by atoms with Crippen LogP contribution >= 0.6 is 15.9 Å². The van der Waals surface area contributed by atoms with Gasteiger partial charge in [0.1, 0.15) is 5.82 Å². The van der Waals surface area contributed by atoms with E-state index in [1.54, 1.807) is 12.3 Å². The quantitative estimate of drug-likeness (QED) is 0.866. The molecule has 0 unspecified atom stereocenters. The highest BCUT2D eigenvalue weighted by Crippen LogP contribution is 2.18. The number of hydrogen-bond donors (Lipinski definition) is 2. The van der Waals surface area contributed by atoms with E-state index in [2.05, 4.69) is 26.3 Å². The summed E-state index contributed by atoms with van der Waals surface area (Å²) in [5.41, 5.74) is 6.56. The number of aromatic nitrogens is 2. The number of anilines is 1. The van der Waals surface area contributed by atoms with Gasteiger partial charge in [-0.1, -0.05) is 22.0 Å². The lowest BCUT2D eigenvalue weighted by atomic mass is 10.2. The highest BCUT2D eigenvalue weighted by molar-refractivity contribution is 9.10. The first-order valence-corrected chi connectivity index (χ1v) is 6.84. The summed E-state index contributed by atoms with van der Waals surface area (Å²) in [6.07, 6.45) is 1.56. The van der Waals surface area contributed by atoms with Crippen LogP contribution in [0.3, 0.4) is 0 Å². The lowest BCUT2D eigenvalue weighted by Gasteiger charge is -2.08. The third kappa shape index (κ3) is 3.64. The summed E-state index contributed by atoms with van der Waals surface area (Å²) in [5, 5.41) is 7.06. The molecule has 0 saturated carbocycles. The smallest absolute Gasteiger partial charge is 0.269 e. The Morgan fingerprint density at radius 3 is 2.85 bits per heavy atom. The van der Waals surface area contributed by atoms with Crippen molar-refractivity contribution in [1.29, 1.82) is 0 Å². The second kappa shape index (κ2) is 6.62. The summed E-state index contributed by atoms with van der Waals surface area (Å²) in [6.45, 7) is 1.33. The molecule has 106 valence electrons. The molecule has 0 spiro atoms. The number of rotatable bonds is 5. The first kappa shape index (κ1) is 14.7. The van der Waals surface area contributed by atoms with Gasteiger partial charge in [0.05, 0.1) is 18.4 Å². The monoisotopic (exact) mass is 340 g/mol. The van der Waals surface area contributed by atoms with E-state index in [1.165, 1.54) is 22.9 Å². The van der Waals surface area contributed by atoms with Gasteiger partial charge in [0.2, 0.25) is 0 Å². The Balaban J connectivity index is 2.19. The molecule has 0 aliphatic carbocycles. The zero-order valence-corrected chi connectivity index (χ0v) is 12.2. The molecular weight excluding hydrogens is 327 g/mol. The van der Waals surface area contributed by atoms with E-state index in [1.807, 2.05) is 0 Å². The molecule has 2 rings (SSSR count). The molecule has 2 aromatic rings. The minimum Gasteiger partial charge on any atom is -0.382 e. The van der Waals surface area contributed by atoms with E-state index in [-0.39, 0.29) is 17.9 Å². The highest BCUT2D eigenvalue weighted by Gasteiger charge is 2.05. The van der Waals surface area contributed by atoms with Crippen molar-refractivity contribution < 1.29 is 4.39 Å². The largest absolute Gasteiger partial charge is 0.382 e. The first-order valence-electron chi connectivity index (χ1n) is 6.05. The van der Waals surface area contributed by atoms with Gasteiger partial charge in [-0.05, 0) is 17.7 Å².